The molecule has 1 unspecified atom stereocenters. The van der Waals surface area contributed by atoms with Gasteiger partial charge >= 0.3 is 0 Å². The normalized spacial score (nSPS) is 24.5. The van der Waals surface area contributed by atoms with Crippen LogP contribution in [0.5, 0.6) is 0 Å². The molecule has 9 heteroatoms. The third-order valence-electron chi connectivity index (χ3n) is 3.79. The fraction of sp³-hybridized carbons (Fsp3) is 0.538. The summed E-state index contributed by atoms with van der Waals surface area (Å²) in [5.41, 5.74) is 0. The number of hydrogen-bond acceptors (Lipinski definition) is 5. The van der Waals surface area contributed by atoms with Gasteiger partial charge in [-0.3, -0.25) is 9.48 Å². The van der Waals surface area contributed by atoms with Gasteiger partial charge in [0.05, 0.1) is 23.4 Å². The number of carbonyl (C=O) groups is 1. The highest BCUT2D eigenvalue weighted by Gasteiger charge is 2.34. The Morgan fingerprint density at radius 3 is 2.95 bits per heavy atom. The van der Waals surface area contributed by atoms with Crippen molar-refractivity contribution in [3.05, 3.63) is 30.1 Å². The second-order valence-electron chi connectivity index (χ2n) is 5.55. The van der Waals surface area contributed by atoms with Crippen LogP contribution in [0.4, 0.5) is 0 Å². The molecule has 2 N–H and O–H groups in total. The molecule has 3 atom stereocenters. The van der Waals surface area contributed by atoms with E-state index in [0.29, 0.717) is 24.4 Å². The minimum absolute atomic E-state index is 0.0999. The molecule has 0 radical (unpaired) electrons. The summed E-state index contributed by atoms with van der Waals surface area (Å²) in [6.07, 6.45) is 7.00. The summed E-state index contributed by atoms with van der Waals surface area (Å²) in [4.78, 5) is 15.7. The Labute approximate surface area is 132 Å². The first-order valence-corrected chi connectivity index (χ1v) is 7.46. The molecule has 22 heavy (non-hydrogen) atoms. The minimum Gasteiger partial charge on any atom is -0.391 e. The second kappa shape index (κ2) is 6.45. The van der Waals surface area contributed by atoms with E-state index < -0.39 is 6.10 Å². The lowest BCUT2D eigenvalue weighted by Gasteiger charge is -2.16. The predicted molar refractivity (Wildman–Crippen MR) is 77.9 cm³/mol. The molecule has 3 rings (SSSR count). The standard InChI is InChI=1S/C13H17ClN6O2/c14-10-3-16-19(5-10)4-9-1-11(12(21)2-9)18-13(22)6-20-8-15-7-17-20/h3,5,7-9,11-12,21H,1-2,4,6H2,(H,18,22)/t9?,11-,12-/m1/s1. The van der Waals surface area contributed by atoms with Crippen LogP contribution in [0.25, 0.3) is 0 Å². The molecular formula is C13H17ClN6O2. The molecule has 0 aliphatic heterocycles. The van der Waals surface area contributed by atoms with Gasteiger partial charge in [-0.1, -0.05) is 11.6 Å². The Bertz CT molecular complexity index is 628. The van der Waals surface area contributed by atoms with E-state index in [1.54, 1.807) is 17.1 Å². The average Bonchev–Trinajstić information content (AvgIpc) is 3.15. The molecule has 0 bridgehead atoms. The van der Waals surface area contributed by atoms with Crippen molar-refractivity contribution in [2.45, 2.75) is 38.1 Å². The van der Waals surface area contributed by atoms with Gasteiger partial charge in [0.1, 0.15) is 19.2 Å². The Morgan fingerprint density at radius 2 is 2.27 bits per heavy atom. The molecule has 1 fully saturated rings. The van der Waals surface area contributed by atoms with Crippen molar-refractivity contribution < 1.29 is 9.90 Å². The Hall–Kier alpha value is -1.93. The van der Waals surface area contributed by atoms with Crippen molar-refractivity contribution in [1.29, 1.82) is 0 Å². The molecule has 2 aromatic heterocycles. The van der Waals surface area contributed by atoms with Crippen LogP contribution in [-0.4, -0.2) is 47.7 Å². The van der Waals surface area contributed by atoms with Crippen molar-refractivity contribution in [2.75, 3.05) is 0 Å². The fourth-order valence-electron chi connectivity index (χ4n) is 2.84. The van der Waals surface area contributed by atoms with E-state index in [2.05, 4.69) is 20.5 Å². The first-order valence-electron chi connectivity index (χ1n) is 7.08. The maximum absolute atomic E-state index is 11.9. The maximum Gasteiger partial charge on any atom is 0.242 e. The van der Waals surface area contributed by atoms with Crippen molar-refractivity contribution in [3.63, 3.8) is 0 Å². The summed E-state index contributed by atoms with van der Waals surface area (Å²) in [5, 5.41) is 21.6. The first kappa shape index (κ1) is 15.0. The van der Waals surface area contributed by atoms with E-state index in [4.69, 9.17) is 11.6 Å². The van der Waals surface area contributed by atoms with Crippen LogP contribution in [0.15, 0.2) is 25.0 Å². The minimum atomic E-state index is -0.546. The number of halogens is 1. The number of rotatable bonds is 5. The Morgan fingerprint density at radius 1 is 1.41 bits per heavy atom. The number of amides is 1. The third-order valence-corrected chi connectivity index (χ3v) is 3.99. The molecule has 8 nitrogen and oxygen atoms in total. The number of nitrogens with one attached hydrogen (secondary N) is 1. The largest absolute Gasteiger partial charge is 0.391 e. The van der Waals surface area contributed by atoms with Crippen molar-refractivity contribution in [1.82, 2.24) is 29.9 Å². The molecule has 0 aromatic carbocycles. The third kappa shape index (κ3) is 3.63. The van der Waals surface area contributed by atoms with Gasteiger partial charge < -0.3 is 10.4 Å². The molecule has 1 aliphatic rings. The van der Waals surface area contributed by atoms with Crippen LogP contribution in [0.1, 0.15) is 12.8 Å². The predicted octanol–water partition coefficient (Wildman–Crippen LogP) is 0.0839. The van der Waals surface area contributed by atoms with Crippen LogP contribution in [0, 0.1) is 5.92 Å². The zero-order valence-electron chi connectivity index (χ0n) is 11.8. The molecule has 2 heterocycles. The summed E-state index contributed by atoms with van der Waals surface area (Å²) < 4.78 is 3.21. The van der Waals surface area contributed by atoms with E-state index in [9.17, 15) is 9.90 Å². The van der Waals surface area contributed by atoms with Crippen LogP contribution in [-0.2, 0) is 17.9 Å². The zero-order valence-corrected chi connectivity index (χ0v) is 12.6. The van der Waals surface area contributed by atoms with Gasteiger partial charge in [-0.2, -0.15) is 10.2 Å². The van der Waals surface area contributed by atoms with E-state index in [1.807, 2.05) is 0 Å². The van der Waals surface area contributed by atoms with Gasteiger partial charge in [0, 0.05) is 12.7 Å². The number of aliphatic hydroxyl groups excluding tert-OH is 1. The van der Waals surface area contributed by atoms with Crippen molar-refractivity contribution >= 4 is 17.5 Å². The number of hydrogen-bond donors (Lipinski definition) is 2. The monoisotopic (exact) mass is 324 g/mol. The summed E-state index contributed by atoms with van der Waals surface area (Å²) in [7, 11) is 0. The molecule has 1 saturated carbocycles. The highest BCUT2D eigenvalue weighted by Crippen LogP contribution is 2.27. The Balaban J connectivity index is 1.51. The molecule has 0 saturated heterocycles. The average molecular weight is 325 g/mol. The SMILES string of the molecule is O=C(Cn1cncn1)N[C@@H]1CC(Cn2cc(Cl)cn2)C[C@H]1O. The van der Waals surface area contributed by atoms with Crippen LogP contribution in [0.2, 0.25) is 5.02 Å². The van der Waals surface area contributed by atoms with Gasteiger partial charge in [-0.25, -0.2) is 9.67 Å². The summed E-state index contributed by atoms with van der Waals surface area (Å²) in [6.45, 7) is 0.780. The van der Waals surface area contributed by atoms with Crippen LogP contribution < -0.4 is 5.32 Å². The van der Waals surface area contributed by atoms with E-state index in [1.165, 1.54) is 17.3 Å². The van der Waals surface area contributed by atoms with Crippen LogP contribution >= 0.6 is 11.6 Å². The number of nitrogens with zero attached hydrogens (tertiary/aromatic N) is 5. The topological polar surface area (TPSA) is 97.9 Å². The van der Waals surface area contributed by atoms with E-state index >= 15 is 0 Å². The maximum atomic E-state index is 11.9. The molecule has 1 amide bonds. The lowest BCUT2D eigenvalue weighted by Crippen LogP contribution is -2.41. The van der Waals surface area contributed by atoms with Crippen molar-refractivity contribution in [2.24, 2.45) is 5.92 Å². The van der Waals surface area contributed by atoms with Gasteiger partial charge in [0.2, 0.25) is 5.91 Å². The lowest BCUT2D eigenvalue weighted by molar-refractivity contribution is -0.123. The number of aliphatic hydroxyl groups is 1. The highest BCUT2D eigenvalue weighted by atomic mass is 35.5. The van der Waals surface area contributed by atoms with E-state index in [-0.39, 0.29) is 24.4 Å². The lowest BCUT2D eigenvalue weighted by atomic mass is 10.1. The second-order valence-corrected chi connectivity index (χ2v) is 5.99. The summed E-state index contributed by atoms with van der Waals surface area (Å²) in [5.74, 6) is 0.0694. The molecule has 1 aliphatic carbocycles. The smallest absolute Gasteiger partial charge is 0.242 e. The fourth-order valence-corrected chi connectivity index (χ4v) is 3.00. The molecule has 118 valence electrons. The quantitative estimate of drug-likeness (QED) is 0.812. The van der Waals surface area contributed by atoms with Gasteiger partial charge in [-0.15, -0.1) is 0 Å². The van der Waals surface area contributed by atoms with Crippen LogP contribution in [0.3, 0.4) is 0 Å². The van der Waals surface area contributed by atoms with Gasteiger partial charge in [-0.05, 0) is 18.8 Å². The van der Waals surface area contributed by atoms with Gasteiger partial charge in [0.15, 0.2) is 0 Å². The van der Waals surface area contributed by atoms with E-state index in [0.717, 1.165) is 0 Å². The van der Waals surface area contributed by atoms with Crippen molar-refractivity contribution in [3.8, 4) is 0 Å². The summed E-state index contributed by atoms with van der Waals surface area (Å²) >= 11 is 5.84. The molecule has 2 aromatic rings. The Kier molecular flexibility index (Phi) is 4.39. The number of aromatic nitrogens is 5. The zero-order chi connectivity index (χ0) is 15.5. The van der Waals surface area contributed by atoms with Gasteiger partial charge in [0.25, 0.3) is 0 Å². The molecular weight excluding hydrogens is 308 g/mol. The highest BCUT2D eigenvalue weighted by molar-refractivity contribution is 6.30. The number of carbonyl (C=O) groups excluding carboxylic acids is 1. The summed E-state index contributed by atoms with van der Waals surface area (Å²) in [6, 6.07) is -0.243. The molecule has 0 spiro atoms. The first-order chi connectivity index (χ1) is 10.6.